The average Bonchev–Trinajstić information content (AvgIpc) is 2.79. The van der Waals surface area contributed by atoms with E-state index in [0.29, 0.717) is 0 Å². The van der Waals surface area contributed by atoms with Crippen LogP contribution in [-0.4, -0.2) is 17.4 Å². The van der Waals surface area contributed by atoms with Gasteiger partial charge in [0.1, 0.15) is 0 Å². The van der Waals surface area contributed by atoms with Crippen LogP contribution in [0.3, 0.4) is 0 Å². The maximum atomic E-state index is 11.3. The molecule has 3 heteroatoms. The van der Waals surface area contributed by atoms with Crippen molar-refractivity contribution in [2.45, 2.75) is 62.6 Å². The van der Waals surface area contributed by atoms with Crippen LogP contribution in [0, 0.1) is 0 Å². The molecule has 2 aliphatic carbocycles. The van der Waals surface area contributed by atoms with Crippen molar-refractivity contribution in [3.63, 3.8) is 0 Å². The molecule has 3 aliphatic rings. The Kier molecular flexibility index (Phi) is 1.62. The van der Waals surface area contributed by atoms with Crippen LogP contribution in [0.15, 0.2) is 0 Å². The Hall–Kier alpha value is -0.730. The zero-order valence-corrected chi connectivity index (χ0v) is 8.38. The number of hydrogen-bond donors (Lipinski definition) is 0. The highest BCUT2D eigenvalue weighted by molar-refractivity contribution is 5.65. The third-order valence-corrected chi connectivity index (χ3v) is 4.21. The summed E-state index contributed by atoms with van der Waals surface area (Å²) in [5.41, 5.74) is -0.471. The highest BCUT2D eigenvalue weighted by Gasteiger charge is 2.64. The molecule has 1 aliphatic heterocycles. The lowest BCUT2D eigenvalue weighted by Crippen LogP contribution is -2.47. The summed E-state index contributed by atoms with van der Waals surface area (Å²) in [6, 6.07) is 0. The van der Waals surface area contributed by atoms with E-state index in [2.05, 4.69) is 0 Å². The van der Waals surface area contributed by atoms with Crippen LogP contribution in [-0.2, 0) is 9.47 Å². The van der Waals surface area contributed by atoms with Crippen molar-refractivity contribution in [2.75, 3.05) is 0 Å². The van der Waals surface area contributed by atoms with Crippen molar-refractivity contribution in [1.29, 1.82) is 0 Å². The fourth-order valence-electron chi connectivity index (χ4n) is 3.53. The molecule has 3 nitrogen and oxygen atoms in total. The number of ether oxygens (including phenoxy) is 2. The highest BCUT2D eigenvalue weighted by atomic mass is 16.8. The first-order valence-electron chi connectivity index (χ1n) is 5.68. The number of hydrogen-bond acceptors (Lipinski definition) is 3. The van der Waals surface area contributed by atoms with E-state index in [1.807, 2.05) is 0 Å². The quantitative estimate of drug-likeness (QED) is 0.559. The molecule has 0 radical (unpaired) electrons. The van der Waals surface area contributed by atoms with Gasteiger partial charge in [0.05, 0.1) is 0 Å². The molecule has 2 spiro atoms. The first-order chi connectivity index (χ1) is 6.77. The Morgan fingerprint density at radius 1 is 0.786 bits per heavy atom. The van der Waals surface area contributed by atoms with Gasteiger partial charge < -0.3 is 9.47 Å². The number of fused-ring (bicyclic) bond motifs is 1. The Morgan fingerprint density at radius 3 is 1.50 bits per heavy atom. The molecule has 1 heterocycles. The smallest absolute Gasteiger partial charge is 0.423 e. The molecule has 1 saturated heterocycles. The maximum Gasteiger partial charge on any atom is 0.509 e. The first kappa shape index (κ1) is 8.57. The molecular weight excluding hydrogens is 180 g/mol. The van der Waals surface area contributed by atoms with Gasteiger partial charge in [-0.15, -0.1) is 0 Å². The van der Waals surface area contributed by atoms with Crippen LogP contribution >= 0.6 is 0 Å². The zero-order chi connectivity index (χ0) is 9.65. The van der Waals surface area contributed by atoms with E-state index in [1.54, 1.807) is 0 Å². The van der Waals surface area contributed by atoms with Crippen molar-refractivity contribution in [2.24, 2.45) is 0 Å². The second kappa shape index (κ2) is 2.65. The molecule has 0 aromatic rings. The summed E-state index contributed by atoms with van der Waals surface area (Å²) < 4.78 is 11.0. The minimum atomic E-state index is -0.422. The molecule has 14 heavy (non-hydrogen) atoms. The minimum Gasteiger partial charge on any atom is -0.423 e. The summed E-state index contributed by atoms with van der Waals surface area (Å²) in [4.78, 5) is 11.3. The van der Waals surface area contributed by atoms with Gasteiger partial charge in [0.2, 0.25) is 0 Å². The van der Waals surface area contributed by atoms with Gasteiger partial charge in [-0.25, -0.2) is 4.79 Å². The molecule has 0 amide bonds. The topological polar surface area (TPSA) is 35.5 Å². The van der Waals surface area contributed by atoms with E-state index in [9.17, 15) is 4.79 Å². The van der Waals surface area contributed by atoms with Crippen molar-refractivity contribution in [3.8, 4) is 0 Å². The summed E-state index contributed by atoms with van der Waals surface area (Å²) >= 11 is 0. The van der Waals surface area contributed by atoms with E-state index in [-0.39, 0.29) is 11.2 Å². The largest absolute Gasteiger partial charge is 0.509 e. The summed E-state index contributed by atoms with van der Waals surface area (Å²) in [6.07, 6.45) is 8.34. The standard InChI is InChI=1S/C11H16O3/c12-9-13-10(5-1-2-6-10)11(14-9)7-3-4-8-11/h1-8H2. The van der Waals surface area contributed by atoms with Crippen LogP contribution in [0.5, 0.6) is 0 Å². The van der Waals surface area contributed by atoms with Gasteiger partial charge >= 0.3 is 6.16 Å². The van der Waals surface area contributed by atoms with Crippen LogP contribution in [0.1, 0.15) is 51.4 Å². The van der Waals surface area contributed by atoms with E-state index >= 15 is 0 Å². The Morgan fingerprint density at radius 2 is 1.14 bits per heavy atom. The average molecular weight is 196 g/mol. The van der Waals surface area contributed by atoms with Crippen LogP contribution in [0.2, 0.25) is 0 Å². The zero-order valence-electron chi connectivity index (χ0n) is 8.38. The minimum absolute atomic E-state index is 0.236. The van der Waals surface area contributed by atoms with Gasteiger partial charge in [-0.3, -0.25) is 0 Å². The Labute approximate surface area is 83.8 Å². The predicted octanol–water partition coefficient (Wildman–Crippen LogP) is 2.78. The lowest BCUT2D eigenvalue weighted by Gasteiger charge is -2.35. The van der Waals surface area contributed by atoms with Gasteiger partial charge in [-0.2, -0.15) is 0 Å². The summed E-state index contributed by atoms with van der Waals surface area (Å²) in [7, 11) is 0. The third kappa shape index (κ3) is 0.904. The van der Waals surface area contributed by atoms with Crippen molar-refractivity contribution >= 4 is 6.16 Å². The number of rotatable bonds is 0. The molecule has 78 valence electrons. The summed E-state index contributed by atoms with van der Waals surface area (Å²) in [6.45, 7) is 0. The van der Waals surface area contributed by atoms with Crippen LogP contribution in [0.25, 0.3) is 0 Å². The molecule has 0 bridgehead atoms. The lowest BCUT2D eigenvalue weighted by atomic mass is 9.80. The van der Waals surface area contributed by atoms with Gasteiger partial charge in [0.15, 0.2) is 11.2 Å². The second-order valence-electron chi connectivity index (χ2n) is 4.86. The fraction of sp³-hybridized carbons (Fsp3) is 0.909. The maximum absolute atomic E-state index is 11.3. The van der Waals surface area contributed by atoms with Crippen molar-refractivity contribution in [3.05, 3.63) is 0 Å². The SMILES string of the molecule is O=C1OC2(CCCC2)C2(CCCC2)O1. The van der Waals surface area contributed by atoms with E-state index in [4.69, 9.17) is 9.47 Å². The van der Waals surface area contributed by atoms with Crippen LogP contribution < -0.4 is 0 Å². The Balaban J connectivity index is 1.97. The fourth-order valence-corrected chi connectivity index (χ4v) is 3.53. The van der Waals surface area contributed by atoms with E-state index in [0.717, 1.165) is 25.7 Å². The summed E-state index contributed by atoms with van der Waals surface area (Å²) in [5, 5.41) is 0. The molecule has 0 aromatic carbocycles. The molecule has 0 N–H and O–H groups in total. The van der Waals surface area contributed by atoms with E-state index < -0.39 is 6.16 Å². The van der Waals surface area contributed by atoms with Gasteiger partial charge in [-0.1, -0.05) is 0 Å². The molecule has 3 rings (SSSR count). The molecule has 2 saturated carbocycles. The Bertz CT molecular complexity index is 234. The number of carbonyl (C=O) groups excluding carboxylic acids is 1. The second-order valence-corrected chi connectivity index (χ2v) is 4.86. The summed E-state index contributed by atoms with van der Waals surface area (Å²) in [5.74, 6) is 0. The van der Waals surface area contributed by atoms with E-state index in [1.165, 1.54) is 25.7 Å². The van der Waals surface area contributed by atoms with Gasteiger partial charge in [0, 0.05) is 0 Å². The lowest BCUT2D eigenvalue weighted by molar-refractivity contribution is -0.0400. The van der Waals surface area contributed by atoms with Gasteiger partial charge in [0.25, 0.3) is 0 Å². The molecule has 0 atom stereocenters. The molecule has 0 aromatic heterocycles. The third-order valence-electron chi connectivity index (χ3n) is 4.21. The van der Waals surface area contributed by atoms with Crippen LogP contribution in [0.4, 0.5) is 4.79 Å². The number of carbonyl (C=O) groups is 1. The van der Waals surface area contributed by atoms with Gasteiger partial charge in [-0.05, 0) is 51.4 Å². The normalized spacial score (nSPS) is 32.4. The molecule has 3 fully saturated rings. The van der Waals surface area contributed by atoms with Crippen molar-refractivity contribution in [1.82, 2.24) is 0 Å². The molecule has 0 unspecified atom stereocenters. The van der Waals surface area contributed by atoms with Crippen molar-refractivity contribution < 1.29 is 14.3 Å². The highest BCUT2D eigenvalue weighted by Crippen LogP contribution is 2.55. The molecular formula is C11H16O3. The predicted molar refractivity (Wildman–Crippen MR) is 50.0 cm³/mol. The first-order valence-corrected chi connectivity index (χ1v) is 5.68. The monoisotopic (exact) mass is 196 g/mol.